The molecule has 5 nitrogen and oxygen atoms in total. The Morgan fingerprint density at radius 1 is 1.17 bits per heavy atom. The van der Waals surface area contributed by atoms with Crippen molar-refractivity contribution in [3.8, 4) is 11.3 Å². The van der Waals surface area contributed by atoms with Gasteiger partial charge in [-0.2, -0.15) is 0 Å². The Kier molecular flexibility index (Phi) is 4.47. The molecule has 0 atom stereocenters. The number of aromatic amines is 1. The third kappa shape index (κ3) is 3.55. The van der Waals surface area contributed by atoms with Crippen molar-refractivity contribution in [3.05, 3.63) is 88.2 Å². The maximum absolute atomic E-state index is 13.2. The number of H-pyrrole nitrogens is 1. The summed E-state index contributed by atoms with van der Waals surface area (Å²) in [4.78, 5) is 30.4. The molecule has 3 aromatic rings. The van der Waals surface area contributed by atoms with Crippen molar-refractivity contribution in [2.24, 2.45) is 0 Å². The number of rotatable bonds is 4. The second-order valence-electron chi connectivity index (χ2n) is 5.15. The van der Waals surface area contributed by atoms with Crippen molar-refractivity contribution in [2.75, 3.05) is 0 Å². The molecule has 0 aliphatic carbocycles. The molecule has 1 amide bonds. The Balaban J connectivity index is 1.70. The smallest absolute Gasteiger partial charge is 0.253 e. The van der Waals surface area contributed by atoms with Gasteiger partial charge in [-0.3, -0.25) is 14.6 Å². The number of aromatic nitrogens is 2. The van der Waals surface area contributed by atoms with E-state index in [1.54, 1.807) is 36.4 Å². The fourth-order valence-electron chi connectivity index (χ4n) is 2.22. The van der Waals surface area contributed by atoms with E-state index in [2.05, 4.69) is 15.3 Å². The van der Waals surface area contributed by atoms with Crippen molar-refractivity contribution in [1.29, 1.82) is 0 Å². The maximum Gasteiger partial charge on any atom is 0.253 e. The van der Waals surface area contributed by atoms with Gasteiger partial charge >= 0.3 is 0 Å². The second kappa shape index (κ2) is 6.87. The first-order chi connectivity index (χ1) is 11.6. The number of carbonyl (C=O) groups excluding carboxylic acids is 1. The topological polar surface area (TPSA) is 74.8 Å². The van der Waals surface area contributed by atoms with E-state index in [0.717, 1.165) is 0 Å². The summed E-state index contributed by atoms with van der Waals surface area (Å²) in [5, 5.41) is 2.67. The van der Waals surface area contributed by atoms with Crippen LogP contribution in [-0.4, -0.2) is 15.9 Å². The van der Waals surface area contributed by atoms with E-state index in [0.29, 0.717) is 22.4 Å². The molecule has 6 heteroatoms. The molecule has 0 fully saturated rings. The second-order valence-corrected chi connectivity index (χ2v) is 5.15. The molecule has 0 unspecified atom stereocenters. The maximum atomic E-state index is 13.2. The van der Waals surface area contributed by atoms with E-state index < -0.39 is 0 Å². The lowest BCUT2D eigenvalue weighted by molar-refractivity contribution is 0.0950. The standard InChI is InChI=1S/C18H14FN3O2/c19-15-5-1-3-12(9-15)16-7-6-14(10-21-16)18(24)22-11-13-4-2-8-20-17(13)23/h1-10H,11H2,(H,20,23)(H,22,24). The summed E-state index contributed by atoms with van der Waals surface area (Å²) in [7, 11) is 0. The van der Waals surface area contributed by atoms with E-state index in [4.69, 9.17) is 0 Å². The zero-order chi connectivity index (χ0) is 16.9. The zero-order valence-corrected chi connectivity index (χ0v) is 12.6. The Bertz CT molecular complexity index is 920. The highest BCUT2D eigenvalue weighted by Crippen LogP contribution is 2.17. The largest absolute Gasteiger partial charge is 0.348 e. The van der Waals surface area contributed by atoms with Gasteiger partial charge in [0.1, 0.15) is 5.82 Å². The average molecular weight is 323 g/mol. The van der Waals surface area contributed by atoms with Gasteiger partial charge in [-0.1, -0.05) is 18.2 Å². The third-order valence-electron chi connectivity index (χ3n) is 3.49. The summed E-state index contributed by atoms with van der Waals surface area (Å²) in [5.74, 6) is -0.680. The summed E-state index contributed by atoms with van der Waals surface area (Å²) in [6.45, 7) is 0.126. The summed E-state index contributed by atoms with van der Waals surface area (Å²) < 4.78 is 13.2. The molecule has 3 rings (SSSR count). The van der Waals surface area contributed by atoms with Crippen LogP contribution in [0.2, 0.25) is 0 Å². The molecule has 120 valence electrons. The van der Waals surface area contributed by atoms with Crippen LogP contribution in [-0.2, 0) is 6.54 Å². The molecule has 0 saturated carbocycles. The van der Waals surface area contributed by atoms with Crippen molar-refractivity contribution >= 4 is 5.91 Å². The highest BCUT2D eigenvalue weighted by atomic mass is 19.1. The van der Waals surface area contributed by atoms with Crippen LogP contribution in [0.15, 0.2) is 65.7 Å². The monoisotopic (exact) mass is 323 g/mol. The summed E-state index contributed by atoms with van der Waals surface area (Å²) >= 11 is 0. The van der Waals surface area contributed by atoms with Crippen LogP contribution in [0.1, 0.15) is 15.9 Å². The number of halogens is 1. The lowest BCUT2D eigenvalue weighted by atomic mass is 10.1. The van der Waals surface area contributed by atoms with Crippen molar-refractivity contribution in [2.45, 2.75) is 6.54 Å². The van der Waals surface area contributed by atoms with Gasteiger partial charge in [0.15, 0.2) is 0 Å². The highest BCUT2D eigenvalue weighted by Gasteiger charge is 2.08. The van der Waals surface area contributed by atoms with Gasteiger partial charge < -0.3 is 10.3 Å². The molecule has 0 saturated heterocycles. The molecule has 24 heavy (non-hydrogen) atoms. The first kappa shape index (κ1) is 15.6. The number of pyridine rings is 2. The molecule has 0 aliphatic heterocycles. The van der Waals surface area contributed by atoms with Gasteiger partial charge in [-0.15, -0.1) is 0 Å². The number of carbonyl (C=O) groups is 1. The molecule has 2 heterocycles. The predicted molar refractivity (Wildman–Crippen MR) is 87.9 cm³/mol. The summed E-state index contributed by atoms with van der Waals surface area (Å²) in [6.07, 6.45) is 2.95. The van der Waals surface area contributed by atoms with Crippen molar-refractivity contribution in [3.63, 3.8) is 0 Å². The van der Waals surface area contributed by atoms with Gasteiger partial charge in [0, 0.05) is 30.1 Å². The normalized spacial score (nSPS) is 10.4. The number of benzene rings is 1. The number of hydrogen-bond acceptors (Lipinski definition) is 3. The van der Waals surface area contributed by atoms with Crippen LogP contribution < -0.4 is 10.9 Å². The fourth-order valence-corrected chi connectivity index (χ4v) is 2.22. The van der Waals surface area contributed by atoms with Crippen LogP contribution in [0.25, 0.3) is 11.3 Å². The Morgan fingerprint density at radius 3 is 2.75 bits per heavy atom. The lowest BCUT2D eigenvalue weighted by Crippen LogP contribution is -2.26. The molecule has 1 aromatic carbocycles. The summed E-state index contributed by atoms with van der Waals surface area (Å²) in [6, 6.07) is 12.7. The van der Waals surface area contributed by atoms with E-state index >= 15 is 0 Å². The zero-order valence-electron chi connectivity index (χ0n) is 12.6. The first-order valence-electron chi connectivity index (χ1n) is 7.30. The first-order valence-corrected chi connectivity index (χ1v) is 7.30. The van der Waals surface area contributed by atoms with Gasteiger partial charge in [0.25, 0.3) is 11.5 Å². The number of hydrogen-bond donors (Lipinski definition) is 2. The number of nitrogens with one attached hydrogen (secondary N) is 2. The van der Waals surface area contributed by atoms with Gasteiger partial charge in [-0.25, -0.2) is 4.39 Å². The summed E-state index contributed by atoms with van der Waals surface area (Å²) in [5.41, 5.74) is 1.80. The third-order valence-corrected chi connectivity index (χ3v) is 3.49. The molecular formula is C18H14FN3O2. The fraction of sp³-hybridized carbons (Fsp3) is 0.0556. The molecule has 2 N–H and O–H groups in total. The van der Waals surface area contributed by atoms with Gasteiger partial charge in [-0.05, 0) is 30.3 Å². The van der Waals surface area contributed by atoms with Crippen LogP contribution >= 0.6 is 0 Å². The molecular weight excluding hydrogens is 309 g/mol. The predicted octanol–water partition coefficient (Wildman–Crippen LogP) is 2.51. The number of nitrogens with zero attached hydrogens (tertiary/aromatic N) is 1. The Hall–Kier alpha value is -3.28. The highest BCUT2D eigenvalue weighted by molar-refractivity contribution is 5.94. The van der Waals surface area contributed by atoms with Crippen LogP contribution in [0.4, 0.5) is 4.39 Å². The van der Waals surface area contributed by atoms with Crippen LogP contribution in [0.3, 0.4) is 0 Å². The van der Waals surface area contributed by atoms with Crippen LogP contribution in [0, 0.1) is 5.82 Å². The Labute approximate surface area is 137 Å². The minimum Gasteiger partial charge on any atom is -0.348 e. The van der Waals surface area contributed by atoms with Crippen molar-refractivity contribution < 1.29 is 9.18 Å². The van der Waals surface area contributed by atoms with E-state index in [1.165, 1.54) is 24.5 Å². The average Bonchev–Trinajstić information content (AvgIpc) is 2.61. The van der Waals surface area contributed by atoms with Crippen LogP contribution in [0.5, 0.6) is 0 Å². The number of amides is 1. The molecule has 0 radical (unpaired) electrons. The molecule has 0 spiro atoms. The SMILES string of the molecule is O=C(NCc1ccc[nH]c1=O)c1ccc(-c2cccc(F)c2)nc1. The van der Waals surface area contributed by atoms with Gasteiger partial charge in [0.05, 0.1) is 11.3 Å². The van der Waals surface area contributed by atoms with E-state index in [-0.39, 0.29) is 23.8 Å². The molecule has 2 aromatic heterocycles. The molecule has 0 bridgehead atoms. The van der Waals surface area contributed by atoms with Gasteiger partial charge in [0.2, 0.25) is 0 Å². The quantitative estimate of drug-likeness (QED) is 0.775. The van der Waals surface area contributed by atoms with E-state index in [1.807, 2.05) is 0 Å². The lowest BCUT2D eigenvalue weighted by Gasteiger charge is -2.06. The minimum absolute atomic E-state index is 0.126. The Morgan fingerprint density at radius 2 is 2.04 bits per heavy atom. The minimum atomic E-state index is -0.343. The van der Waals surface area contributed by atoms with Crippen molar-refractivity contribution in [1.82, 2.24) is 15.3 Å². The molecule has 0 aliphatic rings. The van der Waals surface area contributed by atoms with E-state index in [9.17, 15) is 14.0 Å².